The maximum Gasteiger partial charge on any atom is 0.330 e. The molecular formula is C14H19F4NO. The van der Waals surface area contributed by atoms with Crippen molar-refractivity contribution in [2.75, 3.05) is 20.3 Å². The van der Waals surface area contributed by atoms with E-state index in [1.165, 1.54) is 0 Å². The van der Waals surface area contributed by atoms with Gasteiger partial charge in [-0.15, -0.1) is 0 Å². The number of halogens is 4. The topological polar surface area (TPSA) is 21.3 Å². The van der Waals surface area contributed by atoms with Crippen molar-refractivity contribution < 1.29 is 22.3 Å². The highest BCUT2D eigenvalue weighted by Crippen LogP contribution is 2.22. The van der Waals surface area contributed by atoms with Gasteiger partial charge in [0.1, 0.15) is 6.61 Å². The van der Waals surface area contributed by atoms with E-state index in [9.17, 15) is 17.6 Å². The molecule has 0 fully saturated rings. The molecule has 114 valence electrons. The lowest BCUT2D eigenvalue weighted by molar-refractivity contribution is -0.167. The fourth-order valence-electron chi connectivity index (χ4n) is 1.70. The second-order valence-corrected chi connectivity index (χ2v) is 4.59. The maximum atomic E-state index is 12.7. The Morgan fingerprint density at radius 1 is 1.20 bits per heavy atom. The minimum absolute atomic E-state index is 0.0222. The molecule has 1 unspecified atom stereocenters. The van der Waals surface area contributed by atoms with E-state index in [2.05, 4.69) is 5.32 Å². The summed E-state index contributed by atoms with van der Waals surface area (Å²) in [5.74, 6) is -4.09. The summed E-state index contributed by atoms with van der Waals surface area (Å²) in [6.45, 7) is -1.28. The van der Waals surface area contributed by atoms with Crippen molar-refractivity contribution in [1.29, 1.82) is 0 Å². The van der Waals surface area contributed by atoms with Crippen molar-refractivity contribution in [3.63, 3.8) is 0 Å². The highest BCUT2D eigenvalue weighted by atomic mass is 19.3. The Morgan fingerprint density at radius 2 is 1.85 bits per heavy atom. The van der Waals surface area contributed by atoms with Gasteiger partial charge in [-0.05, 0) is 25.5 Å². The summed E-state index contributed by atoms with van der Waals surface area (Å²) in [7, 11) is 1.68. The summed E-state index contributed by atoms with van der Waals surface area (Å²) in [6.07, 6.45) is -2.25. The van der Waals surface area contributed by atoms with E-state index in [-0.39, 0.29) is 12.6 Å². The summed E-state index contributed by atoms with van der Waals surface area (Å²) in [5, 5.41) is 2.93. The van der Waals surface area contributed by atoms with Crippen LogP contribution in [0.4, 0.5) is 17.6 Å². The average Bonchev–Trinajstić information content (AvgIpc) is 2.43. The summed E-state index contributed by atoms with van der Waals surface area (Å²) in [5.41, 5.74) is 1.13. The maximum absolute atomic E-state index is 12.7. The Morgan fingerprint density at radius 3 is 2.40 bits per heavy atom. The van der Waals surface area contributed by atoms with Gasteiger partial charge in [0.05, 0.1) is 6.61 Å². The Kier molecular flexibility index (Phi) is 6.95. The standard InChI is InChI=1S/C14H19F4NO/c1-19-12(8-7-11-5-3-2-4-6-11)9-20-10-14(17,18)13(15)16/h2-6,12-13,19H,7-10H2,1H3. The fraction of sp³-hybridized carbons (Fsp3) is 0.571. The van der Waals surface area contributed by atoms with Crippen molar-refractivity contribution in [3.8, 4) is 0 Å². The second kappa shape index (κ2) is 8.21. The largest absolute Gasteiger partial charge is 0.373 e. The van der Waals surface area contributed by atoms with Crippen LogP contribution in [0.25, 0.3) is 0 Å². The predicted molar refractivity (Wildman–Crippen MR) is 69.4 cm³/mol. The molecular weight excluding hydrogens is 274 g/mol. The molecule has 1 atom stereocenters. The molecule has 0 bridgehead atoms. The first-order chi connectivity index (χ1) is 9.45. The van der Waals surface area contributed by atoms with Crippen LogP contribution in [0.3, 0.4) is 0 Å². The van der Waals surface area contributed by atoms with E-state index in [1.54, 1.807) is 7.05 Å². The van der Waals surface area contributed by atoms with Gasteiger partial charge < -0.3 is 10.1 Å². The van der Waals surface area contributed by atoms with Gasteiger partial charge in [-0.3, -0.25) is 0 Å². The highest BCUT2D eigenvalue weighted by molar-refractivity contribution is 5.14. The van der Waals surface area contributed by atoms with Gasteiger partial charge in [-0.1, -0.05) is 30.3 Å². The molecule has 0 saturated carbocycles. The number of likely N-dealkylation sites (N-methyl/N-ethyl adjacent to an activating group) is 1. The number of hydrogen-bond donors (Lipinski definition) is 1. The van der Waals surface area contributed by atoms with Gasteiger partial charge >= 0.3 is 12.3 Å². The van der Waals surface area contributed by atoms with Crippen LogP contribution in [0.15, 0.2) is 30.3 Å². The molecule has 0 aliphatic rings. The van der Waals surface area contributed by atoms with Crippen LogP contribution in [0.5, 0.6) is 0 Å². The Balaban J connectivity index is 2.30. The van der Waals surface area contributed by atoms with Crippen LogP contribution in [0.1, 0.15) is 12.0 Å². The van der Waals surface area contributed by atoms with Gasteiger partial charge in [0.2, 0.25) is 0 Å². The van der Waals surface area contributed by atoms with Gasteiger partial charge in [0.25, 0.3) is 0 Å². The average molecular weight is 293 g/mol. The molecule has 20 heavy (non-hydrogen) atoms. The zero-order valence-electron chi connectivity index (χ0n) is 11.3. The Bertz CT molecular complexity index is 373. The molecule has 1 N–H and O–H groups in total. The van der Waals surface area contributed by atoms with Crippen LogP contribution in [0, 0.1) is 0 Å². The number of nitrogens with one attached hydrogen (secondary N) is 1. The van der Waals surface area contributed by atoms with Crippen molar-refractivity contribution in [1.82, 2.24) is 5.32 Å². The van der Waals surface area contributed by atoms with Crippen LogP contribution in [-0.4, -0.2) is 38.7 Å². The summed E-state index contributed by atoms with van der Waals surface area (Å²) in [4.78, 5) is 0. The molecule has 2 nitrogen and oxygen atoms in total. The normalized spacial score (nSPS) is 13.7. The number of hydrogen-bond acceptors (Lipinski definition) is 2. The molecule has 0 spiro atoms. The van der Waals surface area contributed by atoms with Crippen LogP contribution in [0.2, 0.25) is 0 Å². The summed E-state index contributed by atoms with van der Waals surface area (Å²) in [6, 6.07) is 9.54. The zero-order valence-corrected chi connectivity index (χ0v) is 11.3. The van der Waals surface area contributed by atoms with Crippen LogP contribution < -0.4 is 5.32 Å². The lowest BCUT2D eigenvalue weighted by Gasteiger charge is -2.19. The molecule has 0 amide bonds. The van der Waals surface area contributed by atoms with Gasteiger partial charge in [-0.25, -0.2) is 8.78 Å². The number of rotatable bonds is 9. The van der Waals surface area contributed by atoms with Crippen molar-refractivity contribution >= 4 is 0 Å². The van der Waals surface area contributed by atoms with E-state index < -0.39 is 19.0 Å². The number of benzene rings is 1. The highest BCUT2D eigenvalue weighted by Gasteiger charge is 2.41. The first-order valence-corrected chi connectivity index (χ1v) is 6.40. The quantitative estimate of drug-likeness (QED) is 0.706. The smallest absolute Gasteiger partial charge is 0.330 e. The molecule has 0 aliphatic carbocycles. The SMILES string of the molecule is CNC(CCc1ccccc1)COCC(F)(F)C(F)F. The van der Waals surface area contributed by atoms with Crippen molar-refractivity contribution in [2.45, 2.75) is 31.2 Å². The fourth-order valence-corrected chi connectivity index (χ4v) is 1.70. The van der Waals surface area contributed by atoms with Crippen molar-refractivity contribution in [2.24, 2.45) is 0 Å². The Hall–Kier alpha value is -1.14. The first-order valence-electron chi connectivity index (χ1n) is 6.40. The minimum atomic E-state index is -4.09. The van der Waals surface area contributed by atoms with Gasteiger partial charge in [0, 0.05) is 6.04 Å². The summed E-state index contributed by atoms with van der Waals surface area (Å²) < 4.78 is 53.9. The van der Waals surface area contributed by atoms with E-state index in [1.807, 2.05) is 30.3 Å². The number of alkyl halides is 4. The molecule has 0 aromatic heterocycles. The Labute approximate surface area is 116 Å². The number of aryl methyl sites for hydroxylation is 1. The van der Waals surface area contributed by atoms with E-state index >= 15 is 0 Å². The van der Waals surface area contributed by atoms with E-state index in [0.717, 1.165) is 12.0 Å². The van der Waals surface area contributed by atoms with Crippen LogP contribution in [-0.2, 0) is 11.2 Å². The van der Waals surface area contributed by atoms with Crippen molar-refractivity contribution in [3.05, 3.63) is 35.9 Å². The minimum Gasteiger partial charge on any atom is -0.373 e. The predicted octanol–water partition coefficient (Wildman–Crippen LogP) is 3.12. The molecule has 6 heteroatoms. The lowest BCUT2D eigenvalue weighted by atomic mass is 10.1. The van der Waals surface area contributed by atoms with Gasteiger partial charge in [0.15, 0.2) is 0 Å². The third-order valence-corrected chi connectivity index (χ3v) is 2.97. The van der Waals surface area contributed by atoms with E-state index in [4.69, 9.17) is 4.74 Å². The monoisotopic (exact) mass is 293 g/mol. The zero-order chi connectivity index (χ0) is 15.0. The van der Waals surface area contributed by atoms with Gasteiger partial charge in [-0.2, -0.15) is 8.78 Å². The third kappa shape index (κ3) is 5.88. The van der Waals surface area contributed by atoms with Crippen LogP contribution >= 0.6 is 0 Å². The summed E-state index contributed by atoms with van der Waals surface area (Å²) >= 11 is 0. The molecule has 0 saturated heterocycles. The third-order valence-electron chi connectivity index (χ3n) is 2.97. The number of ether oxygens (including phenoxy) is 1. The first kappa shape index (κ1) is 16.9. The molecule has 0 heterocycles. The second-order valence-electron chi connectivity index (χ2n) is 4.59. The van der Waals surface area contributed by atoms with E-state index in [0.29, 0.717) is 6.42 Å². The molecule has 1 rings (SSSR count). The molecule has 0 aliphatic heterocycles. The molecule has 0 radical (unpaired) electrons. The molecule has 1 aromatic carbocycles. The molecule has 1 aromatic rings. The lowest BCUT2D eigenvalue weighted by Crippen LogP contribution is -2.36.